The molecule has 70 heavy (non-hydrogen) atoms. The van der Waals surface area contributed by atoms with Gasteiger partial charge in [0.15, 0.2) is 6.29 Å². The highest BCUT2D eigenvalue weighted by Gasteiger charge is 2.44. The third-order valence-corrected chi connectivity index (χ3v) is 15.5. The first-order valence-electron chi connectivity index (χ1n) is 31.2. The summed E-state index contributed by atoms with van der Waals surface area (Å²) in [5.74, 6) is -0.137. The van der Waals surface area contributed by atoms with Gasteiger partial charge in [-0.3, -0.25) is 4.79 Å². The van der Waals surface area contributed by atoms with Crippen LogP contribution in [0.3, 0.4) is 0 Å². The SMILES string of the molecule is CCCCCCCCCCCCCCCCCCCCCCCCCCCCCCCCCCCCCCC(=O)N[C@@H](CO[C@@H]1O[C@H](CO)[C@H](O)C(O)C1O)[C@H](O)CCCCCCCCCCCCC. The van der Waals surface area contributed by atoms with Gasteiger partial charge in [-0.2, -0.15) is 0 Å². The fraction of sp³-hybridized carbons (Fsp3) is 0.984. The first kappa shape index (κ1) is 67.2. The van der Waals surface area contributed by atoms with Gasteiger partial charge >= 0.3 is 0 Å². The Morgan fingerprint density at radius 1 is 0.429 bits per heavy atom. The molecule has 9 nitrogen and oxygen atoms in total. The van der Waals surface area contributed by atoms with Crippen molar-refractivity contribution in [2.75, 3.05) is 13.2 Å². The molecule has 1 rings (SSSR count). The zero-order chi connectivity index (χ0) is 50.8. The molecule has 1 heterocycles. The molecule has 6 N–H and O–H groups in total. The van der Waals surface area contributed by atoms with E-state index < -0.39 is 49.5 Å². The summed E-state index contributed by atoms with van der Waals surface area (Å²) in [6.07, 6.45) is 56.1. The monoisotopic (exact) mass is 996 g/mol. The van der Waals surface area contributed by atoms with Crippen LogP contribution in [0.5, 0.6) is 0 Å². The maximum Gasteiger partial charge on any atom is 0.220 e. The maximum atomic E-state index is 13.0. The van der Waals surface area contributed by atoms with E-state index in [2.05, 4.69) is 19.2 Å². The van der Waals surface area contributed by atoms with Crippen molar-refractivity contribution < 1.29 is 39.8 Å². The van der Waals surface area contributed by atoms with Crippen LogP contribution < -0.4 is 5.32 Å². The van der Waals surface area contributed by atoms with Crippen molar-refractivity contribution >= 4 is 5.91 Å². The molecule has 9 heteroatoms. The van der Waals surface area contributed by atoms with Crippen molar-refractivity contribution in [1.82, 2.24) is 5.32 Å². The number of rotatable bonds is 55. The van der Waals surface area contributed by atoms with E-state index in [0.29, 0.717) is 12.8 Å². The Kier molecular flexibility index (Phi) is 49.6. The van der Waals surface area contributed by atoms with Crippen molar-refractivity contribution in [3.63, 3.8) is 0 Å². The lowest BCUT2D eigenvalue weighted by Gasteiger charge is -2.40. The zero-order valence-corrected chi connectivity index (χ0v) is 46.6. The van der Waals surface area contributed by atoms with Gasteiger partial charge < -0.3 is 40.3 Å². The van der Waals surface area contributed by atoms with Gasteiger partial charge in [-0.15, -0.1) is 0 Å². The summed E-state index contributed by atoms with van der Waals surface area (Å²) in [4.78, 5) is 13.0. The van der Waals surface area contributed by atoms with E-state index in [0.717, 1.165) is 38.5 Å². The fourth-order valence-corrected chi connectivity index (χ4v) is 10.5. The Morgan fingerprint density at radius 2 is 0.714 bits per heavy atom. The van der Waals surface area contributed by atoms with Crippen molar-refractivity contribution in [1.29, 1.82) is 0 Å². The second-order valence-corrected chi connectivity index (χ2v) is 22.2. The van der Waals surface area contributed by atoms with Crippen LogP contribution in [0.2, 0.25) is 0 Å². The van der Waals surface area contributed by atoms with Crippen molar-refractivity contribution in [3.8, 4) is 0 Å². The number of amides is 1. The predicted octanol–water partition coefficient (Wildman–Crippen LogP) is 15.8. The molecule has 1 fully saturated rings. The highest BCUT2D eigenvalue weighted by atomic mass is 16.7. The molecule has 1 aliphatic rings. The molecule has 1 saturated heterocycles. The van der Waals surface area contributed by atoms with E-state index in [-0.39, 0.29) is 12.5 Å². The van der Waals surface area contributed by atoms with Crippen LogP contribution in [-0.4, -0.2) is 87.5 Å². The molecule has 1 aliphatic heterocycles. The molecule has 1 amide bonds. The number of ether oxygens (including phenoxy) is 2. The normalized spacial score (nSPS) is 19.2. The second-order valence-electron chi connectivity index (χ2n) is 22.2. The number of hydrogen-bond donors (Lipinski definition) is 6. The highest BCUT2D eigenvalue weighted by molar-refractivity contribution is 5.76. The molecule has 418 valence electrons. The van der Waals surface area contributed by atoms with E-state index in [1.54, 1.807) is 0 Å². The third-order valence-electron chi connectivity index (χ3n) is 15.5. The van der Waals surface area contributed by atoms with Gasteiger partial charge in [-0.25, -0.2) is 0 Å². The average Bonchev–Trinajstić information content (AvgIpc) is 3.36. The number of hydrogen-bond acceptors (Lipinski definition) is 8. The summed E-state index contributed by atoms with van der Waals surface area (Å²) >= 11 is 0. The van der Waals surface area contributed by atoms with E-state index in [9.17, 15) is 30.3 Å². The Balaban J connectivity index is 2.00. The maximum absolute atomic E-state index is 13.0. The quantitative estimate of drug-likeness (QED) is 0.0330. The zero-order valence-electron chi connectivity index (χ0n) is 46.6. The van der Waals surface area contributed by atoms with Gasteiger partial charge in [0, 0.05) is 6.42 Å². The number of carbonyl (C=O) groups is 1. The molecule has 0 aromatic carbocycles. The molecule has 2 unspecified atom stereocenters. The number of nitrogens with one attached hydrogen (secondary N) is 1. The van der Waals surface area contributed by atoms with Crippen LogP contribution in [0.25, 0.3) is 0 Å². The minimum atomic E-state index is -1.55. The van der Waals surface area contributed by atoms with Crippen molar-refractivity contribution in [3.05, 3.63) is 0 Å². The van der Waals surface area contributed by atoms with Gasteiger partial charge in [-0.1, -0.05) is 309 Å². The molecule has 0 radical (unpaired) electrons. The molecular formula is C61H121NO8. The van der Waals surface area contributed by atoms with Gasteiger partial charge in [0.05, 0.1) is 25.4 Å². The molecule has 0 bridgehead atoms. The molecule has 0 aliphatic carbocycles. The van der Waals surface area contributed by atoms with Crippen molar-refractivity contribution in [2.45, 2.75) is 371 Å². The van der Waals surface area contributed by atoms with Crippen molar-refractivity contribution in [2.24, 2.45) is 0 Å². The van der Waals surface area contributed by atoms with Gasteiger partial charge in [0.1, 0.15) is 24.4 Å². The summed E-state index contributed by atoms with van der Waals surface area (Å²) in [5.41, 5.74) is 0. The molecule has 7 atom stereocenters. The fourth-order valence-electron chi connectivity index (χ4n) is 10.5. The van der Waals surface area contributed by atoms with Crippen LogP contribution in [-0.2, 0) is 14.3 Å². The van der Waals surface area contributed by atoms with E-state index in [1.165, 1.54) is 263 Å². The molecule has 0 saturated carbocycles. The van der Waals surface area contributed by atoms with Crippen LogP contribution in [0.15, 0.2) is 0 Å². The van der Waals surface area contributed by atoms with Crippen LogP contribution in [0.4, 0.5) is 0 Å². The van der Waals surface area contributed by atoms with Crippen LogP contribution in [0, 0.1) is 0 Å². The number of carbonyl (C=O) groups excluding carboxylic acids is 1. The minimum Gasteiger partial charge on any atom is -0.394 e. The van der Waals surface area contributed by atoms with Crippen LogP contribution in [0.1, 0.15) is 328 Å². The number of aliphatic hydroxyl groups excluding tert-OH is 5. The second kappa shape index (κ2) is 51.7. The number of unbranched alkanes of at least 4 members (excludes halogenated alkanes) is 45. The minimum absolute atomic E-state index is 0.132. The summed E-state index contributed by atoms with van der Waals surface area (Å²) in [6, 6.07) is -0.712. The Bertz CT molecular complexity index is 1060. The van der Waals surface area contributed by atoms with Gasteiger partial charge in [0.25, 0.3) is 0 Å². The smallest absolute Gasteiger partial charge is 0.220 e. The standard InChI is InChI=1S/C61H121NO8/c1-3-5-7-9-11-13-15-16-17-18-19-20-21-22-23-24-25-26-27-28-29-30-31-32-33-34-35-36-37-38-39-41-43-45-47-49-51-57(65)62-54(53-69-61-60(68)59(67)58(66)56(52-63)70-61)55(64)50-48-46-44-42-40-14-12-10-8-6-4-2/h54-56,58-61,63-64,66-68H,3-53H2,1-2H3,(H,62,65)/t54-,55+,56+,58-,59?,60?,61+/m0/s1. The first-order chi connectivity index (χ1) is 34.3. The Hall–Kier alpha value is -0.810. The summed E-state index contributed by atoms with van der Waals surface area (Å²) in [5, 5.41) is 54.5. The first-order valence-corrected chi connectivity index (χ1v) is 31.2. The summed E-state index contributed by atoms with van der Waals surface area (Å²) in [6.45, 7) is 3.86. The lowest BCUT2D eigenvalue weighted by Crippen LogP contribution is -2.60. The molecule has 0 aromatic rings. The Labute approximate surface area is 434 Å². The molecule has 0 spiro atoms. The molecular weight excluding hydrogens is 875 g/mol. The predicted molar refractivity (Wildman–Crippen MR) is 295 cm³/mol. The highest BCUT2D eigenvalue weighted by Crippen LogP contribution is 2.24. The van der Waals surface area contributed by atoms with Gasteiger partial charge in [0.2, 0.25) is 5.91 Å². The topological polar surface area (TPSA) is 149 Å². The lowest BCUT2D eigenvalue weighted by molar-refractivity contribution is -0.302. The number of aliphatic hydroxyl groups is 5. The summed E-state index contributed by atoms with van der Waals surface area (Å²) < 4.78 is 11.3. The Morgan fingerprint density at radius 3 is 1.01 bits per heavy atom. The van der Waals surface area contributed by atoms with E-state index in [4.69, 9.17) is 9.47 Å². The largest absolute Gasteiger partial charge is 0.394 e. The molecule has 0 aromatic heterocycles. The third kappa shape index (κ3) is 40.6. The summed E-state index contributed by atoms with van der Waals surface area (Å²) in [7, 11) is 0. The lowest BCUT2D eigenvalue weighted by atomic mass is 9.99. The van der Waals surface area contributed by atoms with Gasteiger partial charge in [-0.05, 0) is 12.8 Å². The average molecular weight is 997 g/mol. The van der Waals surface area contributed by atoms with E-state index >= 15 is 0 Å². The van der Waals surface area contributed by atoms with E-state index in [1.807, 2.05) is 0 Å². The van der Waals surface area contributed by atoms with Crippen LogP contribution >= 0.6 is 0 Å².